The van der Waals surface area contributed by atoms with Crippen molar-refractivity contribution in [2.45, 2.75) is 12.8 Å². The van der Waals surface area contributed by atoms with Crippen LogP contribution in [0.4, 0.5) is 0 Å². The first kappa shape index (κ1) is 8.05. The topological polar surface area (TPSA) is 38.4 Å². The molecule has 2 nitrogen and oxygen atoms in total. The summed E-state index contributed by atoms with van der Waals surface area (Å²) in [4.78, 5) is 3.93. The van der Waals surface area contributed by atoms with Gasteiger partial charge in [-0.25, -0.2) is 0 Å². The van der Waals surface area contributed by atoms with Gasteiger partial charge in [0.15, 0.2) is 0 Å². The fourth-order valence-electron chi connectivity index (χ4n) is 1.71. The van der Waals surface area contributed by atoms with E-state index in [0.29, 0.717) is 0 Å². The van der Waals surface area contributed by atoms with Gasteiger partial charge in [-0.1, -0.05) is 24.3 Å². The molecule has 1 aromatic carbocycles. The van der Waals surface area contributed by atoms with Crippen molar-refractivity contribution >= 4 is 12.4 Å². The summed E-state index contributed by atoms with van der Waals surface area (Å²) < 4.78 is 0. The van der Waals surface area contributed by atoms with Gasteiger partial charge in [0.1, 0.15) is 0 Å². The number of allylic oxidation sites excluding steroid dienone is 1. The van der Waals surface area contributed by atoms with Crippen molar-refractivity contribution in [3.05, 3.63) is 41.1 Å². The molecule has 0 aromatic heterocycles. The SMILES string of the molecule is C=NC1=C(N)c2ccccc2CC1. The Morgan fingerprint density at radius 3 is 2.77 bits per heavy atom. The molecule has 0 fully saturated rings. The van der Waals surface area contributed by atoms with E-state index in [2.05, 4.69) is 17.8 Å². The lowest BCUT2D eigenvalue weighted by Gasteiger charge is -2.17. The minimum atomic E-state index is 0.789. The van der Waals surface area contributed by atoms with Crippen LogP contribution in [0.3, 0.4) is 0 Å². The van der Waals surface area contributed by atoms with Gasteiger partial charge in [0.2, 0.25) is 0 Å². The average molecular weight is 172 g/mol. The summed E-state index contributed by atoms with van der Waals surface area (Å²) in [6, 6.07) is 8.19. The van der Waals surface area contributed by atoms with E-state index in [0.717, 1.165) is 29.8 Å². The van der Waals surface area contributed by atoms with E-state index >= 15 is 0 Å². The van der Waals surface area contributed by atoms with Crippen LogP contribution in [0, 0.1) is 0 Å². The standard InChI is InChI=1S/C11H12N2/c1-13-10-7-6-8-4-2-3-5-9(8)11(10)12/h2-5H,1,6-7,12H2. The maximum absolute atomic E-state index is 5.95. The van der Waals surface area contributed by atoms with Gasteiger partial charge in [0.05, 0.1) is 11.4 Å². The summed E-state index contributed by atoms with van der Waals surface area (Å²) in [7, 11) is 0. The van der Waals surface area contributed by atoms with Gasteiger partial charge < -0.3 is 5.73 Å². The highest BCUT2D eigenvalue weighted by Crippen LogP contribution is 2.27. The monoisotopic (exact) mass is 172 g/mol. The number of fused-ring (bicyclic) bond motifs is 1. The quantitative estimate of drug-likeness (QED) is 0.646. The molecule has 0 saturated heterocycles. The molecule has 1 aliphatic carbocycles. The molecule has 2 N–H and O–H groups in total. The van der Waals surface area contributed by atoms with Gasteiger partial charge in [0, 0.05) is 5.56 Å². The van der Waals surface area contributed by atoms with Crippen molar-refractivity contribution in [1.82, 2.24) is 0 Å². The maximum atomic E-state index is 5.95. The third-order valence-corrected chi connectivity index (χ3v) is 2.44. The molecule has 1 aromatic rings. The lowest BCUT2D eigenvalue weighted by atomic mass is 9.93. The molecular formula is C11H12N2. The molecule has 2 heteroatoms. The maximum Gasteiger partial charge on any atom is 0.0634 e. The summed E-state index contributed by atoms with van der Waals surface area (Å²) in [5.41, 5.74) is 10.1. The number of nitrogens with two attached hydrogens (primary N) is 1. The van der Waals surface area contributed by atoms with Gasteiger partial charge in [-0.3, -0.25) is 4.99 Å². The van der Waals surface area contributed by atoms with Crippen LogP contribution in [0.5, 0.6) is 0 Å². The van der Waals surface area contributed by atoms with E-state index in [1.807, 2.05) is 18.2 Å². The second kappa shape index (κ2) is 3.05. The summed E-state index contributed by atoms with van der Waals surface area (Å²) in [6.45, 7) is 3.52. The Morgan fingerprint density at radius 1 is 1.23 bits per heavy atom. The third-order valence-electron chi connectivity index (χ3n) is 2.44. The summed E-state index contributed by atoms with van der Waals surface area (Å²) in [5.74, 6) is 0. The molecule has 0 bridgehead atoms. The number of aryl methyl sites for hydroxylation is 1. The largest absolute Gasteiger partial charge is 0.397 e. The van der Waals surface area contributed by atoms with E-state index < -0.39 is 0 Å². The van der Waals surface area contributed by atoms with Gasteiger partial charge in [0.25, 0.3) is 0 Å². The average Bonchev–Trinajstić information content (AvgIpc) is 2.19. The predicted octanol–water partition coefficient (Wildman–Crippen LogP) is 1.96. The van der Waals surface area contributed by atoms with Crippen LogP contribution in [0.1, 0.15) is 17.5 Å². The zero-order valence-corrected chi connectivity index (χ0v) is 7.46. The first-order valence-electron chi connectivity index (χ1n) is 4.36. The Labute approximate surface area is 77.8 Å². The number of nitrogens with zero attached hydrogens (tertiary/aromatic N) is 1. The summed E-state index contributed by atoms with van der Waals surface area (Å²) in [5, 5.41) is 0. The van der Waals surface area contributed by atoms with Crippen molar-refractivity contribution in [1.29, 1.82) is 0 Å². The first-order chi connectivity index (χ1) is 6.33. The van der Waals surface area contributed by atoms with Crippen molar-refractivity contribution in [2.24, 2.45) is 10.7 Å². The molecule has 0 radical (unpaired) electrons. The zero-order valence-electron chi connectivity index (χ0n) is 7.46. The van der Waals surface area contributed by atoms with Gasteiger partial charge in [-0.05, 0) is 25.1 Å². The molecule has 2 rings (SSSR count). The van der Waals surface area contributed by atoms with Gasteiger partial charge in [-0.2, -0.15) is 0 Å². The molecule has 0 atom stereocenters. The van der Waals surface area contributed by atoms with E-state index in [9.17, 15) is 0 Å². The molecular weight excluding hydrogens is 160 g/mol. The van der Waals surface area contributed by atoms with Crippen LogP contribution in [0.2, 0.25) is 0 Å². The van der Waals surface area contributed by atoms with Crippen molar-refractivity contribution in [2.75, 3.05) is 0 Å². The number of aliphatic imine (C=N–C) groups is 1. The van der Waals surface area contributed by atoms with E-state index in [-0.39, 0.29) is 0 Å². The number of rotatable bonds is 1. The Kier molecular flexibility index (Phi) is 1.89. The van der Waals surface area contributed by atoms with E-state index in [1.165, 1.54) is 5.56 Å². The molecule has 0 heterocycles. The Hall–Kier alpha value is -1.57. The van der Waals surface area contributed by atoms with Crippen LogP contribution < -0.4 is 5.73 Å². The van der Waals surface area contributed by atoms with E-state index in [4.69, 9.17) is 5.73 Å². The van der Waals surface area contributed by atoms with Crippen LogP contribution in [0.15, 0.2) is 35.0 Å². The zero-order chi connectivity index (χ0) is 9.26. The van der Waals surface area contributed by atoms with E-state index in [1.54, 1.807) is 0 Å². The molecule has 66 valence electrons. The Balaban J connectivity index is 2.58. The highest BCUT2D eigenvalue weighted by atomic mass is 14.8. The van der Waals surface area contributed by atoms with Gasteiger partial charge >= 0.3 is 0 Å². The molecule has 0 unspecified atom stereocenters. The van der Waals surface area contributed by atoms with Crippen LogP contribution >= 0.6 is 0 Å². The van der Waals surface area contributed by atoms with Crippen LogP contribution in [-0.4, -0.2) is 6.72 Å². The van der Waals surface area contributed by atoms with Crippen molar-refractivity contribution < 1.29 is 0 Å². The third kappa shape index (κ3) is 1.24. The molecule has 1 aliphatic rings. The molecule has 13 heavy (non-hydrogen) atoms. The highest BCUT2D eigenvalue weighted by Gasteiger charge is 2.14. The van der Waals surface area contributed by atoms with Crippen molar-refractivity contribution in [3.8, 4) is 0 Å². The predicted molar refractivity (Wildman–Crippen MR) is 55.4 cm³/mol. The fraction of sp³-hybridized carbons (Fsp3) is 0.182. The van der Waals surface area contributed by atoms with Crippen LogP contribution in [0.25, 0.3) is 5.70 Å². The minimum absolute atomic E-state index is 0.789. The second-order valence-corrected chi connectivity index (χ2v) is 3.18. The summed E-state index contributed by atoms with van der Waals surface area (Å²) >= 11 is 0. The lowest BCUT2D eigenvalue weighted by molar-refractivity contribution is 0.902. The highest BCUT2D eigenvalue weighted by molar-refractivity contribution is 5.71. The molecule has 0 amide bonds. The smallest absolute Gasteiger partial charge is 0.0634 e. The summed E-state index contributed by atoms with van der Waals surface area (Å²) in [6.07, 6.45) is 1.93. The number of hydrogen-bond acceptors (Lipinski definition) is 2. The Bertz CT molecular complexity index is 377. The number of benzene rings is 1. The lowest BCUT2D eigenvalue weighted by Crippen LogP contribution is -2.09. The molecule has 0 aliphatic heterocycles. The molecule has 0 spiro atoms. The van der Waals surface area contributed by atoms with Crippen LogP contribution in [-0.2, 0) is 6.42 Å². The number of hydrogen-bond donors (Lipinski definition) is 1. The molecule has 0 saturated carbocycles. The normalized spacial score (nSPS) is 15.4. The fourth-order valence-corrected chi connectivity index (χ4v) is 1.71. The minimum Gasteiger partial charge on any atom is -0.397 e. The van der Waals surface area contributed by atoms with Crippen molar-refractivity contribution in [3.63, 3.8) is 0 Å². The Morgan fingerprint density at radius 2 is 2.00 bits per heavy atom. The first-order valence-corrected chi connectivity index (χ1v) is 4.36. The van der Waals surface area contributed by atoms with Gasteiger partial charge in [-0.15, -0.1) is 0 Å². The second-order valence-electron chi connectivity index (χ2n) is 3.18.